The summed E-state index contributed by atoms with van der Waals surface area (Å²) < 4.78 is 23.1. The van der Waals surface area contributed by atoms with Crippen molar-refractivity contribution in [3.63, 3.8) is 0 Å². The molecule has 0 rings (SSSR count). The van der Waals surface area contributed by atoms with Gasteiger partial charge < -0.3 is 5.32 Å². The van der Waals surface area contributed by atoms with E-state index >= 15 is 0 Å². The molecule has 0 saturated heterocycles. The van der Waals surface area contributed by atoms with Crippen molar-refractivity contribution < 1.29 is 8.42 Å². The molecule has 0 saturated carbocycles. The van der Waals surface area contributed by atoms with Gasteiger partial charge in [-0.2, -0.15) is 0 Å². The highest BCUT2D eigenvalue weighted by atomic mass is 32.2. The van der Waals surface area contributed by atoms with Crippen LogP contribution in [0.4, 0.5) is 0 Å². The van der Waals surface area contributed by atoms with Crippen molar-refractivity contribution in [3.8, 4) is 0 Å². The van der Waals surface area contributed by atoms with E-state index in [4.69, 9.17) is 0 Å². The fraction of sp³-hybridized carbons (Fsp3) is 1.00. The van der Waals surface area contributed by atoms with Gasteiger partial charge in [-0.3, -0.25) is 0 Å². The summed E-state index contributed by atoms with van der Waals surface area (Å²) in [6, 6.07) is 0.469. The third-order valence-corrected chi connectivity index (χ3v) is 4.71. The predicted octanol–water partition coefficient (Wildman–Crippen LogP) is 2.62. The predicted molar refractivity (Wildman–Crippen MR) is 75.1 cm³/mol. The summed E-state index contributed by atoms with van der Waals surface area (Å²) in [6.07, 6.45) is 3.61. The Labute approximate surface area is 107 Å². The van der Waals surface area contributed by atoms with Crippen LogP contribution in [-0.2, 0) is 9.84 Å². The minimum absolute atomic E-state index is 0.336. The Morgan fingerprint density at radius 3 is 2.24 bits per heavy atom. The minimum Gasteiger partial charge on any atom is -0.314 e. The maximum atomic E-state index is 11.6. The first kappa shape index (κ1) is 16.9. The highest BCUT2D eigenvalue weighted by Gasteiger charge is 2.13. The Balaban J connectivity index is 3.96. The van der Waals surface area contributed by atoms with E-state index in [1.165, 1.54) is 0 Å². The molecule has 0 radical (unpaired) electrons. The van der Waals surface area contributed by atoms with Crippen molar-refractivity contribution in [1.29, 1.82) is 0 Å². The lowest BCUT2D eigenvalue weighted by molar-refractivity contribution is 0.402. The van der Waals surface area contributed by atoms with Crippen molar-refractivity contribution in [1.82, 2.24) is 5.32 Å². The molecule has 1 N–H and O–H groups in total. The van der Waals surface area contributed by atoms with E-state index in [0.717, 1.165) is 32.2 Å². The lowest BCUT2D eigenvalue weighted by Gasteiger charge is -2.19. The Bertz CT molecular complexity index is 273. The largest absolute Gasteiger partial charge is 0.314 e. The van der Waals surface area contributed by atoms with Crippen molar-refractivity contribution in [2.75, 3.05) is 18.1 Å². The molecule has 0 aromatic rings. The van der Waals surface area contributed by atoms with Gasteiger partial charge in [-0.15, -0.1) is 0 Å². The van der Waals surface area contributed by atoms with Gasteiger partial charge in [0.15, 0.2) is 0 Å². The van der Waals surface area contributed by atoms with Crippen LogP contribution in [0.1, 0.15) is 53.4 Å². The summed E-state index contributed by atoms with van der Waals surface area (Å²) >= 11 is 0. The molecular formula is C13H29NO2S. The second kappa shape index (κ2) is 8.92. The van der Waals surface area contributed by atoms with Gasteiger partial charge in [0.2, 0.25) is 0 Å². The van der Waals surface area contributed by atoms with Crippen LogP contribution in [0.5, 0.6) is 0 Å². The van der Waals surface area contributed by atoms with Crippen LogP contribution in [-0.4, -0.2) is 32.5 Å². The molecule has 1 atom stereocenters. The monoisotopic (exact) mass is 263 g/mol. The standard InChI is InChI=1S/C13H29NO2S/c1-5-9-17(15,16)10-7-8-13(14-6-2)11-12(3)4/h12-14H,5-11H2,1-4H3. The molecule has 0 amide bonds. The van der Waals surface area contributed by atoms with E-state index < -0.39 is 9.84 Å². The second-order valence-corrected chi connectivity index (χ2v) is 7.48. The number of rotatable bonds is 10. The molecule has 0 aromatic heterocycles. The Morgan fingerprint density at radius 2 is 1.76 bits per heavy atom. The molecule has 0 aliphatic carbocycles. The highest BCUT2D eigenvalue weighted by molar-refractivity contribution is 7.91. The lowest BCUT2D eigenvalue weighted by atomic mass is 10.0. The van der Waals surface area contributed by atoms with E-state index in [-0.39, 0.29) is 0 Å². The van der Waals surface area contributed by atoms with Crippen molar-refractivity contribution in [2.24, 2.45) is 5.92 Å². The van der Waals surface area contributed by atoms with Crippen LogP contribution in [0.25, 0.3) is 0 Å². The number of hydrogen-bond acceptors (Lipinski definition) is 3. The maximum Gasteiger partial charge on any atom is 0.150 e. The number of nitrogens with one attached hydrogen (secondary N) is 1. The van der Waals surface area contributed by atoms with E-state index in [1.807, 2.05) is 6.92 Å². The molecule has 0 aliphatic heterocycles. The van der Waals surface area contributed by atoms with Gasteiger partial charge in [0.1, 0.15) is 9.84 Å². The minimum atomic E-state index is -2.80. The van der Waals surface area contributed by atoms with Crippen LogP contribution in [0.2, 0.25) is 0 Å². The normalized spacial score (nSPS) is 14.2. The van der Waals surface area contributed by atoms with E-state index in [9.17, 15) is 8.42 Å². The molecule has 0 heterocycles. The van der Waals surface area contributed by atoms with Crippen LogP contribution in [0.3, 0.4) is 0 Å². The van der Waals surface area contributed by atoms with E-state index in [2.05, 4.69) is 26.1 Å². The number of hydrogen-bond donors (Lipinski definition) is 1. The molecular weight excluding hydrogens is 234 g/mol. The van der Waals surface area contributed by atoms with Crippen LogP contribution in [0, 0.1) is 5.92 Å². The van der Waals surface area contributed by atoms with Gasteiger partial charge in [0, 0.05) is 11.8 Å². The van der Waals surface area contributed by atoms with Gasteiger partial charge in [-0.25, -0.2) is 8.42 Å². The molecule has 0 fully saturated rings. The average molecular weight is 263 g/mol. The Kier molecular flexibility index (Phi) is 8.88. The van der Waals surface area contributed by atoms with Gasteiger partial charge in [-0.05, 0) is 38.1 Å². The second-order valence-electron chi connectivity index (χ2n) is 5.18. The fourth-order valence-electron chi connectivity index (χ4n) is 2.12. The van der Waals surface area contributed by atoms with Crippen LogP contribution < -0.4 is 5.32 Å². The highest BCUT2D eigenvalue weighted by Crippen LogP contribution is 2.11. The summed E-state index contributed by atoms with van der Waals surface area (Å²) in [5.74, 6) is 1.34. The smallest absolute Gasteiger partial charge is 0.150 e. The first-order valence-corrected chi connectivity index (χ1v) is 8.67. The van der Waals surface area contributed by atoms with E-state index in [1.54, 1.807) is 0 Å². The summed E-state index contributed by atoms with van der Waals surface area (Å²) in [5, 5.41) is 3.44. The maximum absolute atomic E-state index is 11.6. The number of sulfone groups is 1. The van der Waals surface area contributed by atoms with Crippen LogP contribution >= 0.6 is 0 Å². The summed E-state index contributed by atoms with van der Waals surface area (Å²) in [5.41, 5.74) is 0. The zero-order valence-corrected chi connectivity index (χ0v) is 12.6. The summed E-state index contributed by atoms with van der Waals surface area (Å²) in [6.45, 7) is 9.38. The van der Waals surface area contributed by atoms with Crippen LogP contribution in [0.15, 0.2) is 0 Å². The molecule has 0 aliphatic rings. The summed E-state index contributed by atoms with van der Waals surface area (Å²) in [7, 11) is -2.80. The van der Waals surface area contributed by atoms with Gasteiger partial charge >= 0.3 is 0 Å². The topological polar surface area (TPSA) is 46.2 Å². The SMILES string of the molecule is CCCS(=O)(=O)CCCC(CC(C)C)NCC. The molecule has 104 valence electrons. The lowest BCUT2D eigenvalue weighted by Crippen LogP contribution is -2.30. The third kappa shape index (κ3) is 9.60. The quantitative estimate of drug-likeness (QED) is 0.659. The molecule has 0 bridgehead atoms. The Morgan fingerprint density at radius 1 is 1.12 bits per heavy atom. The summed E-state index contributed by atoms with van der Waals surface area (Å²) in [4.78, 5) is 0. The van der Waals surface area contributed by atoms with Crippen molar-refractivity contribution >= 4 is 9.84 Å². The fourth-order valence-corrected chi connectivity index (χ4v) is 3.56. The van der Waals surface area contributed by atoms with Gasteiger partial charge in [-0.1, -0.05) is 27.7 Å². The van der Waals surface area contributed by atoms with Crippen molar-refractivity contribution in [3.05, 3.63) is 0 Å². The third-order valence-electron chi connectivity index (χ3n) is 2.77. The van der Waals surface area contributed by atoms with E-state index in [0.29, 0.717) is 23.5 Å². The first-order chi connectivity index (χ1) is 7.91. The molecule has 0 spiro atoms. The van der Waals surface area contributed by atoms with Gasteiger partial charge in [0.25, 0.3) is 0 Å². The first-order valence-electron chi connectivity index (χ1n) is 6.85. The zero-order valence-electron chi connectivity index (χ0n) is 11.8. The van der Waals surface area contributed by atoms with Crippen molar-refractivity contribution in [2.45, 2.75) is 59.4 Å². The molecule has 17 heavy (non-hydrogen) atoms. The Hall–Kier alpha value is -0.0900. The van der Waals surface area contributed by atoms with Gasteiger partial charge in [0.05, 0.1) is 5.75 Å². The zero-order chi connectivity index (χ0) is 13.3. The molecule has 3 nitrogen and oxygen atoms in total. The molecule has 4 heteroatoms. The molecule has 1 unspecified atom stereocenters. The average Bonchev–Trinajstić information content (AvgIpc) is 2.16. The molecule has 0 aromatic carbocycles.